The van der Waals surface area contributed by atoms with Crippen LogP contribution in [0, 0.1) is 6.92 Å². The maximum absolute atomic E-state index is 12.8. The van der Waals surface area contributed by atoms with Crippen LogP contribution in [-0.2, 0) is 6.18 Å². The molecule has 3 aromatic rings. The number of benzene rings is 2. The summed E-state index contributed by atoms with van der Waals surface area (Å²) in [4.78, 5) is 24.4. The smallest absolute Gasteiger partial charge is 0.361 e. The van der Waals surface area contributed by atoms with Crippen LogP contribution in [0.1, 0.15) is 32.2 Å². The number of halogens is 3. The molecule has 2 N–H and O–H groups in total. The van der Waals surface area contributed by atoms with Crippen LogP contribution in [0.3, 0.4) is 0 Å². The summed E-state index contributed by atoms with van der Waals surface area (Å²) in [6.45, 7) is 1.64. The lowest BCUT2D eigenvalue weighted by molar-refractivity contribution is -0.137. The highest BCUT2D eigenvalue weighted by atomic mass is 19.4. The topological polar surface area (TPSA) is 84.2 Å². The summed E-state index contributed by atoms with van der Waals surface area (Å²) in [5.41, 5.74) is -0.299. The van der Waals surface area contributed by atoms with Gasteiger partial charge in [0.2, 0.25) is 0 Å². The van der Waals surface area contributed by atoms with Crippen molar-refractivity contribution in [2.45, 2.75) is 13.1 Å². The molecule has 0 radical (unpaired) electrons. The van der Waals surface area contributed by atoms with Gasteiger partial charge in [0.05, 0.1) is 5.56 Å². The van der Waals surface area contributed by atoms with Crippen LogP contribution in [-0.4, -0.2) is 17.0 Å². The minimum Gasteiger partial charge on any atom is -0.361 e. The fraction of sp³-hybridized carbons (Fsp3) is 0.105. The molecule has 2 aromatic carbocycles. The van der Waals surface area contributed by atoms with Gasteiger partial charge in [-0.25, -0.2) is 0 Å². The number of carbonyl (C=O) groups excluding carboxylic acids is 2. The third kappa shape index (κ3) is 4.56. The molecule has 28 heavy (non-hydrogen) atoms. The summed E-state index contributed by atoms with van der Waals surface area (Å²) in [7, 11) is 0. The van der Waals surface area contributed by atoms with Crippen molar-refractivity contribution in [1.29, 1.82) is 0 Å². The van der Waals surface area contributed by atoms with Crippen molar-refractivity contribution in [2.75, 3.05) is 10.6 Å². The van der Waals surface area contributed by atoms with Gasteiger partial charge < -0.3 is 15.2 Å². The maximum atomic E-state index is 12.8. The molecular weight excluding hydrogens is 375 g/mol. The number of nitrogens with zero attached hydrogens (tertiary/aromatic N) is 1. The molecule has 9 heteroatoms. The molecule has 6 nitrogen and oxygen atoms in total. The van der Waals surface area contributed by atoms with Crippen LogP contribution in [0.15, 0.2) is 59.1 Å². The minimum absolute atomic E-state index is 0.00679. The van der Waals surface area contributed by atoms with Crippen molar-refractivity contribution in [3.8, 4) is 0 Å². The Balaban J connectivity index is 1.73. The Labute approximate surface area is 157 Å². The number of anilines is 2. The lowest BCUT2D eigenvalue weighted by atomic mass is 10.1. The van der Waals surface area contributed by atoms with Crippen molar-refractivity contribution >= 4 is 23.2 Å². The Hall–Kier alpha value is -3.62. The number of hydrogen-bond acceptors (Lipinski definition) is 4. The molecule has 2 amide bonds. The van der Waals surface area contributed by atoms with Crippen molar-refractivity contribution in [1.82, 2.24) is 5.16 Å². The summed E-state index contributed by atoms with van der Waals surface area (Å²) in [5.74, 6) is -0.667. The van der Waals surface area contributed by atoms with Gasteiger partial charge in [-0.15, -0.1) is 0 Å². The molecule has 0 saturated carbocycles. The molecule has 0 atom stereocenters. The number of amides is 2. The summed E-state index contributed by atoms with van der Waals surface area (Å²) in [6.07, 6.45) is -4.51. The van der Waals surface area contributed by atoms with E-state index in [2.05, 4.69) is 15.8 Å². The molecule has 3 rings (SSSR count). The standard InChI is InChI=1S/C19H14F3N3O3/c1-11-8-16(25-28-11)18(27)24-14-6-2-4-12(9-14)17(26)23-15-7-3-5-13(10-15)19(20,21)22/h2-10H,1H3,(H,23,26)(H,24,27). The van der Waals surface area contributed by atoms with Gasteiger partial charge in [0.25, 0.3) is 11.8 Å². The van der Waals surface area contributed by atoms with Crippen molar-refractivity contribution in [3.05, 3.63) is 77.2 Å². The van der Waals surface area contributed by atoms with Gasteiger partial charge in [0.1, 0.15) is 5.76 Å². The predicted molar refractivity (Wildman–Crippen MR) is 95.0 cm³/mol. The van der Waals surface area contributed by atoms with Crippen LogP contribution in [0.5, 0.6) is 0 Å². The van der Waals surface area contributed by atoms with Crippen LogP contribution in [0.2, 0.25) is 0 Å². The largest absolute Gasteiger partial charge is 0.416 e. The summed E-state index contributed by atoms with van der Waals surface area (Å²) >= 11 is 0. The Kier molecular flexibility index (Phi) is 5.16. The van der Waals surface area contributed by atoms with Gasteiger partial charge in [0, 0.05) is 23.0 Å². The highest BCUT2D eigenvalue weighted by Gasteiger charge is 2.30. The van der Waals surface area contributed by atoms with Gasteiger partial charge in [-0.3, -0.25) is 9.59 Å². The molecular formula is C19H14F3N3O3. The average Bonchev–Trinajstić information content (AvgIpc) is 3.08. The van der Waals surface area contributed by atoms with E-state index < -0.39 is 23.6 Å². The van der Waals surface area contributed by atoms with E-state index in [1.165, 1.54) is 36.4 Å². The van der Waals surface area contributed by atoms with Crippen molar-refractivity contribution in [3.63, 3.8) is 0 Å². The van der Waals surface area contributed by atoms with Gasteiger partial charge in [-0.05, 0) is 43.3 Å². The fourth-order valence-corrected chi connectivity index (χ4v) is 2.38. The van der Waals surface area contributed by atoms with Gasteiger partial charge in [-0.2, -0.15) is 13.2 Å². The molecule has 0 aliphatic carbocycles. The number of aryl methyl sites for hydroxylation is 1. The van der Waals surface area contributed by atoms with Gasteiger partial charge in [0.15, 0.2) is 5.69 Å². The second-order valence-corrected chi connectivity index (χ2v) is 5.89. The van der Waals surface area contributed by atoms with E-state index in [4.69, 9.17) is 4.52 Å². The van der Waals surface area contributed by atoms with E-state index in [9.17, 15) is 22.8 Å². The lowest BCUT2D eigenvalue weighted by Gasteiger charge is -2.10. The quantitative estimate of drug-likeness (QED) is 0.688. The van der Waals surface area contributed by atoms with Crippen LogP contribution in [0.25, 0.3) is 0 Å². The normalized spacial score (nSPS) is 11.1. The van der Waals surface area contributed by atoms with E-state index in [0.717, 1.165) is 12.1 Å². The second-order valence-electron chi connectivity index (χ2n) is 5.89. The Morgan fingerprint density at radius 2 is 1.57 bits per heavy atom. The number of rotatable bonds is 4. The van der Waals surface area contributed by atoms with E-state index in [1.807, 2.05) is 0 Å². The first kappa shape index (κ1) is 19.2. The molecule has 0 saturated heterocycles. The molecule has 0 bridgehead atoms. The maximum Gasteiger partial charge on any atom is 0.416 e. The fourth-order valence-electron chi connectivity index (χ4n) is 2.38. The van der Waals surface area contributed by atoms with Crippen LogP contribution < -0.4 is 10.6 Å². The molecule has 1 heterocycles. The zero-order chi connectivity index (χ0) is 20.3. The highest BCUT2D eigenvalue weighted by molar-refractivity contribution is 6.06. The first-order chi connectivity index (χ1) is 13.2. The Bertz CT molecular complexity index is 1030. The number of nitrogens with one attached hydrogen (secondary N) is 2. The second kappa shape index (κ2) is 7.55. The highest BCUT2D eigenvalue weighted by Crippen LogP contribution is 2.30. The number of aromatic nitrogens is 1. The van der Waals surface area contributed by atoms with Gasteiger partial charge in [-0.1, -0.05) is 17.3 Å². The number of carbonyl (C=O) groups is 2. The number of hydrogen-bond donors (Lipinski definition) is 2. The van der Waals surface area contributed by atoms with Crippen molar-refractivity contribution < 1.29 is 27.3 Å². The number of alkyl halides is 3. The van der Waals surface area contributed by atoms with Crippen LogP contribution >= 0.6 is 0 Å². The monoisotopic (exact) mass is 389 g/mol. The zero-order valence-electron chi connectivity index (χ0n) is 14.5. The molecule has 0 aliphatic heterocycles. The third-order valence-electron chi connectivity index (χ3n) is 3.69. The molecule has 0 fully saturated rings. The zero-order valence-corrected chi connectivity index (χ0v) is 14.5. The molecule has 0 spiro atoms. The lowest BCUT2D eigenvalue weighted by Crippen LogP contribution is -2.15. The summed E-state index contributed by atoms with van der Waals surface area (Å²) in [5, 5.41) is 8.57. The van der Waals surface area contributed by atoms with Crippen molar-refractivity contribution in [2.24, 2.45) is 0 Å². The Morgan fingerprint density at radius 1 is 0.929 bits per heavy atom. The molecule has 1 aromatic heterocycles. The van der Waals surface area contributed by atoms with Crippen LogP contribution in [0.4, 0.5) is 24.5 Å². The predicted octanol–water partition coefficient (Wildman–Crippen LogP) is 4.51. The Morgan fingerprint density at radius 3 is 2.21 bits per heavy atom. The SMILES string of the molecule is Cc1cc(C(=O)Nc2cccc(C(=O)Nc3cccc(C(F)(F)F)c3)c2)no1. The van der Waals surface area contributed by atoms with Gasteiger partial charge >= 0.3 is 6.18 Å². The summed E-state index contributed by atoms with van der Waals surface area (Å²) in [6, 6.07) is 11.7. The minimum atomic E-state index is -4.51. The molecule has 0 unspecified atom stereocenters. The van der Waals surface area contributed by atoms with E-state index in [-0.39, 0.29) is 16.9 Å². The first-order valence-corrected chi connectivity index (χ1v) is 8.06. The molecule has 144 valence electrons. The summed E-state index contributed by atoms with van der Waals surface area (Å²) < 4.78 is 43.2. The van der Waals surface area contributed by atoms with E-state index >= 15 is 0 Å². The van der Waals surface area contributed by atoms with E-state index in [1.54, 1.807) is 13.0 Å². The average molecular weight is 389 g/mol. The first-order valence-electron chi connectivity index (χ1n) is 8.06. The van der Waals surface area contributed by atoms with E-state index in [0.29, 0.717) is 11.4 Å². The molecule has 0 aliphatic rings. The third-order valence-corrected chi connectivity index (χ3v) is 3.69.